The summed E-state index contributed by atoms with van der Waals surface area (Å²) in [5.74, 6) is -1.35. The van der Waals surface area contributed by atoms with Crippen molar-refractivity contribution in [2.75, 3.05) is 18.6 Å². The first-order valence-electron chi connectivity index (χ1n) is 11.9. The first-order valence-corrected chi connectivity index (χ1v) is 12.8. The number of hydrogen-bond acceptors (Lipinski definition) is 7. The van der Waals surface area contributed by atoms with Crippen LogP contribution in [0.1, 0.15) is 51.8 Å². The summed E-state index contributed by atoms with van der Waals surface area (Å²) in [6.07, 6.45) is 0. The topological polar surface area (TPSA) is 93.1 Å². The van der Waals surface area contributed by atoms with Gasteiger partial charge in [0.15, 0.2) is 0 Å². The summed E-state index contributed by atoms with van der Waals surface area (Å²) < 4.78 is 10.7. The number of aliphatic hydroxyl groups excluding tert-OH is 1. The zero-order chi connectivity index (χ0) is 26.9. The van der Waals surface area contributed by atoms with E-state index >= 15 is 0 Å². The van der Waals surface area contributed by atoms with Gasteiger partial charge in [-0.25, -0.2) is 4.79 Å². The number of carbonyl (C=O) groups is 3. The lowest BCUT2D eigenvalue weighted by Gasteiger charge is -2.24. The molecule has 1 N–H and O–H groups in total. The van der Waals surface area contributed by atoms with Crippen LogP contribution in [-0.4, -0.2) is 36.5 Å². The van der Waals surface area contributed by atoms with E-state index < -0.39 is 23.7 Å². The number of ether oxygens (including phenoxy) is 2. The molecule has 1 unspecified atom stereocenters. The van der Waals surface area contributed by atoms with E-state index in [9.17, 15) is 19.5 Å². The molecule has 8 heteroatoms. The van der Waals surface area contributed by atoms with Crippen molar-refractivity contribution in [1.29, 1.82) is 0 Å². The number of esters is 1. The number of aryl methyl sites for hydroxylation is 2. The van der Waals surface area contributed by atoms with Crippen molar-refractivity contribution in [1.82, 2.24) is 0 Å². The van der Waals surface area contributed by atoms with Crippen LogP contribution in [0.25, 0.3) is 5.76 Å². The molecule has 1 amide bonds. The maximum atomic E-state index is 13.3. The van der Waals surface area contributed by atoms with E-state index in [1.54, 1.807) is 43.5 Å². The average molecular weight is 520 g/mol. The van der Waals surface area contributed by atoms with Gasteiger partial charge in [0.05, 0.1) is 24.9 Å². The third kappa shape index (κ3) is 5.02. The number of thiophene rings is 1. The Morgan fingerprint density at radius 2 is 1.78 bits per heavy atom. The lowest BCUT2D eigenvalue weighted by Crippen LogP contribution is -2.29. The quantitative estimate of drug-likeness (QED) is 0.183. The van der Waals surface area contributed by atoms with Crippen LogP contribution in [0.4, 0.5) is 5.69 Å². The highest BCUT2D eigenvalue weighted by molar-refractivity contribution is 7.10. The molecule has 0 aliphatic carbocycles. The van der Waals surface area contributed by atoms with Gasteiger partial charge in [-0.05, 0) is 78.7 Å². The zero-order valence-electron chi connectivity index (χ0n) is 21.4. The van der Waals surface area contributed by atoms with E-state index in [-0.39, 0.29) is 17.3 Å². The summed E-state index contributed by atoms with van der Waals surface area (Å²) in [5, 5.41) is 13.3. The van der Waals surface area contributed by atoms with Crippen molar-refractivity contribution in [3.05, 3.63) is 86.6 Å². The summed E-state index contributed by atoms with van der Waals surface area (Å²) in [7, 11) is 1.57. The highest BCUT2D eigenvalue weighted by atomic mass is 32.1. The molecule has 4 rings (SSSR count). The van der Waals surface area contributed by atoms with Crippen molar-refractivity contribution in [2.45, 2.75) is 33.7 Å². The van der Waals surface area contributed by atoms with Crippen molar-refractivity contribution in [3.63, 3.8) is 0 Å². The minimum absolute atomic E-state index is 0.0144. The van der Waals surface area contributed by atoms with Crippen molar-refractivity contribution >= 4 is 40.4 Å². The number of Topliss-reactive ketones (excluding diaryl/α,β-unsaturated/α-hetero) is 1. The largest absolute Gasteiger partial charge is 0.507 e. The molecule has 1 aliphatic rings. The van der Waals surface area contributed by atoms with E-state index in [4.69, 9.17) is 9.47 Å². The Kier molecular flexibility index (Phi) is 7.50. The molecule has 7 nitrogen and oxygen atoms in total. The number of amides is 1. The molecular weight excluding hydrogens is 490 g/mol. The number of benzene rings is 2. The van der Waals surface area contributed by atoms with Crippen LogP contribution in [0, 0.1) is 19.8 Å². The van der Waals surface area contributed by atoms with Gasteiger partial charge >= 0.3 is 5.97 Å². The number of carbonyl (C=O) groups excluding carboxylic acids is 3. The van der Waals surface area contributed by atoms with Crippen molar-refractivity contribution in [2.24, 2.45) is 5.92 Å². The second-order valence-corrected chi connectivity index (χ2v) is 10.3. The van der Waals surface area contributed by atoms with Crippen LogP contribution in [0.5, 0.6) is 5.75 Å². The maximum Gasteiger partial charge on any atom is 0.338 e. The third-order valence-corrected chi connectivity index (χ3v) is 7.11. The fourth-order valence-corrected chi connectivity index (χ4v) is 5.13. The second kappa shape index (κ2) is 10.6. The first-order chi connectivity index (χ1) is 17.6. The molecule has 192 valence electrons. The van der Waals surface area contributed by atoms with E-state index in [2.05, 4.69) is 0 Å². The molecule has 1 fully saturated rings. The lowest BCUT2D eigenvalue weighted by molar-refractivity contribution is -0.132. The molecule has 1 aliphatic heterocycles. The van der Waals surface area contributed by atoms with E-state index in [0.717, 1.165) is 10.4 Å². The Morgan fingerprint density at radius 3 is 2.38 bits per heavy atom. The number of rotatable bonds is 7. The number of nitrogens with zero attached hydrogens (tertiary/aromatic N) is 1. The van der Waals surface area contributed by atoms with Crippen LogP contribution in [-0.2, 0) is 14.3 Å². The molecule has 0 saturated carbocycles. The SMILES string of the molecule is COc1cc(C)c(/C(O)=C2/C(=O)C(=O)N(c3ccc(C(=O)OCC(C)C)cc3)C2c2cccs2)cc1C. The zero-order valence-corrected chi connectivity index (χ0v) is 22.2. The number of hydrogen-bond donors (Lipinski definition) is 1. The van der Waals surface area contributed by atoms with Gasteiger partial charge in [-0.2, -0.15) is 0 Å². The van der Waals surface area contributed by atoms with Crippen LogP contribution in [0.15, 0.2) is 59.5 Å². The van der Waals surface area contributed by atoms with Crippen LogP contribution in [0.3, 0.4) is 0 Å². The monoisotopic (exact) mass is 519 g/mol. The van der Waals surface area contributed by atoms with E-state index in [1.165, 1.54) is 16.2 Å². The average Bonchev–Trinajstić information content (AvgIpc) is 3.50. The van der Waals surface area contributed by atoms with Crippen LogP contribution in [0.2, 0.25) is 0 Å². The Balaban J connectivity index is 1.79. The Morgan fingerprint density at radius 1 is 1.08 bits per heavy atom. The molecule has 37 heavy (non-hydrogen) atoms. The predicted octanol–water partition coefficient (Wildman–Crippen LogP) is 5.81. The van der Waals surface area contributed by atoms with Gasteiger partial charge in [-0.3, -0.25) is 14.5 Å². The van der Waals surface area contributed by atoms with Gasteiger partial charge in [0.2, 0.25) is 0 Å². The molecule has 0 bridgehead atoms. The molecular formula is C29H29NO6S. The molecule has 2 heterocycles. The molecule has 0 radical (unpaired) electrons. The smallest absolute Gasteiger partial charge is 0.338 e. The molecule has 1 aromatic heterocycles. The van der Waals surface area contributed by atoms with Gasteiger partial charge in [0.25, 0.3) is 11.7 Å². The summed E-state index contributed by atoms with van der Waals surface area (Å²) in [6, 6.07) is 12.7. The Bertz CT molecular complexity index is 1370. The van der Waals surface area contributed by atoms with Crippen LogP contribution >= 0.6 is 11.3 Å². The third-order valence-electron chi connectivity index (χ3n) is 6.18. The summed E-state index contributed by atoms with van der Waals surface area (Å²) in [5.41, 5.74) is 2.75. The number of anilines is 1. The van der Waals surface area contributed by atoms with E-state index in [1.807, 2.05) is 45.2 Å². The molecule has 1 atom stereocenters. The van der Waals surface area contributed by atoms with Gasteiger partial charge in [0, 0.05) is 16.1 Å². The lowest BCUT2D eigenvalue weighted by atomic mass is 9.95. The molecule has 3 aromatic rings. The highest BCUT2D eigenvalue weighted by Gasteiger charge is 2.47. The predicted molar refractivity (Wildman–Crippen MR) is 143 cm³/mol. The summed E-state index contributed by atoms with van der Waals surface area (Å²) in [6.45, 7) is 7.86. The minimum Gasteiger partial charge on any atom is -0.507 e. The van der Waals surface area contributed by atoms with Crippen molar-refractivity contribution < 1.29 is 29.0 Å². The minimum atomic E-state index is -0.819. The summed E-state index contributed by atoms with van der Waals surface area (Å²) >= 11 is 1.38. The fraction of sp³-hybridized carbons (Fsp3) is 0.276. The van der Waals surface area contributed by atoms with Gasteiger partial charge < -0.3 is 14.6 Å². The first kappa shape index (κ1) is 26.2. The molecule has 2 aromatic carbocycles. The van der Waals surface area contributed by atoms with Crippen molar-refractivity contribution in [3.8, 4) is 5.75 Å². The van der Waals surface area contributed by atoms with Gasteiger partial charge in [-0.1, -0.05) is 19.9 Å². The maximum absolute atomic E-state index is 13.3. The fourth-order valence-electron chi connectivity index (χ4n) is 4.31. The highest BCUT2D eigenvalue weighted by Crippen LogP contribution is 2.44. The number of aliphatic hydroxyl groups is 1. The number of methoxy groups -OCH3 is 1. The molecule has 0 spiro atoms. The van der Waals surface area contributed by atoms with Crippen LogP contribution < -0.4 is 9.64 Å². The second-order valence-electron chi connectivity index (χ2n) is 9.36. The Hall–Kier alpha value is -3.91. The summed E-state index contributed by atoms with van der Waals surface area (Å²) in [4.78, 5) is 41.1. The molecule has 1 saturated heterocycles. The Labute approximate surface area is 220 Å². The normalized spacial score (nSPS) is 16.9. The van der Waals surface area contributed by atoms with Gasteiger partial charge in [-0.15, -0.1) is 11.3 Å². The number of ketones is 1. The van der Waals surface area contributed by atoms with Gasteiger partial charge in [0.1, 0.15) is 17.6 Å². The standard InChI is InChI=1S/C29H29NO6S/c1-16(2)15-36-29(34)19-8-10-20(11-9-19)30-25(23-7-6-12-37-23)24(27(32)28(30)33)26(31)21-13-18(4)22(35-5)14-17(21)3/h6-14,16,25,31H,15H2,1-5H3/b26-24-. The van der Waals surface area contributed by atoms with E-state index in [0.29, 0.717) is 34.7 Å².